The number of fused-ring (bicyclic) bond motifs is 3. The Kier molecular flexibility index (Phi) is 6.20. The second kappa shape index (κ2) is 9.13. The number of carbonyl (C=O) groups is 1. The third kappa shape index (κ3) is 3.91. The molecule has 6 rings (SSSR count). The number of methoxy groups -OCH3 is 1. The Hall–Kier alpha value is -1.91. The predicted octanol–water partition coefficient (Wildman–Crippen LogP) is 5.95. The molecule has 2 aromatic rings. The fourth-order valence-electron chi connectivity index (χ4n) is 7.05. The van der Waals surface area contributed by atoms with Gasteiger partial charge in [-0.25, -0.2) is 0 Å². The molecule has 0 aromatic heterocycles. The molecule has 2 saturated carbocycles. The molecule has 0 radical (unpaired) electrons. The molecule has 190 valence electrons. The van der Waals surface area contributed by atoms with E-state index in [1.165, 1.54) is 15.6 Å². The van der Waals surface area contributed by atoms with Crippen LogP contribution in [0.25, 0.3) is 0 Å². The van der Waals surface area contributed by atoms with Crippen molar-refractivity contribution in [3.63, 3.8) is 0 Å². The van der Waals surface area contributed by atoms with Crippen molar-refractivity contribution in [2.24, 2.45) is 10.8 Å². The van der Waals surface area contributed by atoms with Crippen molar-refractivity contribution in [3.05, 3.63) is 71.3 Å². The van der Waals surface area contributed by atoms with Crippen molar-refractivity contribution in [1.82, 2.24) is 0 Å². The molecule has 1 unspecified atom stereocenters. The summed E-state index contributed by atoms with van der Waals surface area (Å²) in [4.78, 5) is 13.8. The average Bonchev–Trinajstić information content (AvgIpc) is 3.08. The van der Waals surface area contributed by atoms with Gasteiger partial charge < -0.3 is 0 Å². The molecule has 3 aliphatic carbocycles. The third-order valence-corrected chi connectivity index (χ3v) is 13.2. The van der Waals surface area contributed by atoms with Gasteiger partial charge in [0.15, 0.2) is 0 Å². The summed E-state index contributed by atoms with van der Waals surface area (Å²) < 4.78 is 19.3. The van der Waals surface area contributed by atoms with Crippen LogP contribution in [0.5, 0.6) is 5.75 Å². The summed E-state index contributed by atoms with van der Waals surface area (Å²) in [6.07, 6.45) is 6.74. The zero-order valence-corrected chi connectivity index (χ0v) is 23.3. The average molecular weight is 552 g/mol. The fraction of sp³-hybridized carbons (Fsp3) is 0.516. The summed E-state index contributed by atoms with van der Waals surface area (Å²) >= 11 is 0.0877. The zero-order valence-electron chi connectivity index (χ0n) is 21.5. The van der Waals surface area contributed by atoms with Crippen LogP contribution < -0.4 is 9.20 Å². The van der Waals surface area contributed by atoms with E-state index in [4.69, 9.17) is 14.2 Å². The van der Waals surface area contributed by atoms with Gasteiger partial charge in [0.25, 0.3) is 0 Å². The Bertz CT molecular complexity index is 1170. The van der Waals surface area contributed by atoms with Crippen LogP contribution in [0, 0.1) is 10.8 Å². The second-order valence-corrected chi connectivity index (χ2v) is 14.4. The number of benzene rings is 2. The second-order valence-electron chi connectivity index (χ2n) is 11.5. The van der Waals surface area contributed by atoms with Crippen LogP contribution in [0.1, 0.15) is 70.6 Å². The van der Waals surface area contributed by atoms with Gasteiger partial charge in [-0.2, -0.15) is 0 Å². The topological polar surface area (TPSA) is 44.8 Å². The van der Waals surface area contributed by atoms with Crippen LogP contribution in [-0.2, 0) is 14.3 Å². The molecule has 5 heteroatoms. The van der Waals surface area contributed by atoms with E-state index >= 15 is 0 Å². The summed E-state index contributed by atoms with van der Waals surface area (Å²) in [5.41, 5.74) is 4.01. The maximum atomic E-state index is 13.8. The molecule has 36 heavy (non-hydrogen) atoms. The van der Waals surface area contributed by atoms with Gasteiger partial charge in [0.2, 0.25) is 0 Å². The first-order chi connectivity index (χ1) is 17.4. The molecule has 1 saturated heterocycles. The molecule has 5 atom stereocenters. The number of hydrogen-bond donors (Lipinski definition) is 0. The Balaban J connectivity index is 1.36. The van der Waals surface area contributed by atoms with Crippen LogP contribution in [0.2, 0.25) is 4.31 Å². The molecular formula is C31H36O4Se. The monoisotopic (exact) mass is 552 g/mol. The van der Waals surface area contributed by atoms with Gasteiger partial charge in [0.05, 0.1) is 7.11 Å². The van der Waals surface area contributed by atoms with E-state index in [1.54, 1.807) is 7.11 Å². The normalized spacial score (nSPS) is 36.0. The van der Waals surface area contributed by atoms with Crippen LogP contribution in [0.3, 0.4) is 0 Å². The molecule has 1 heterocycles. The number of allylic oxidation sites excluding steroid dienone is 1. The third-order valence-electron chi connectivity index (χ3n) is 9.55. The standard InChI is InChI=1S/C31H36O4Se/c1-29-15-13-26-24(20-34-28(35-26)21-9-11-22(33-3)12-10-21)25(29)19-31(36-23-7-5-4-6-8-23)27(32)14-16-30(31,2)18-17-29/h4-12,26,28H,13-20H2,1-3H3/t26-,28?,29-,30-,31+/m0/s1. The van der Waals surface area contributed by atoms with Crippen molar-refractivity contribution in [1.29, 1.82) is 0 Å². The van der Waals surface area contributed by atoms with Gasteiger partial charge in [0, 0.05) is 0 Å². The minimum atomic E-state index is -0.360. The van der Waals surface area contributed by atoms with E-state index in [2.05, 4.69) is 44.2 Å². The number of ketones is 1. The summed E-state index contributed by atoms with van der Waals surface area (Å²) in [5, 5.41) is 0. The molecule has 0 N–H and O–H groups in total. The number of hydrogen-bond acceptors (Lipinski definition) is 4. The summed E-state index contributed by atoms with van der Waals surface area (Å²) in [6, 6.07) is 18.7. The van der Waals surface area contributed by atoms with E-state index < -0.39 is 0 Å². The first kappa shape index (κ1) is 24.4. The van der Waals surface area contributed by atoms with Gasteiger partial charge in [-0.15, -0.1) is 0 Å². The first-order valence-electron chi connectivity index (χ1n) is 13.3. The first-order valence-corrected chi connectivity index (χ1v) is 15.0. The molecule has 0 amide bonds. The SMILES string of the molecule is COc1ccc(C2OCC3=C4C[C@@]5([Se]c6ccccc6)C(=O)CC[C@@]5(C)CC[C@]4(C)CC[C@@H]3O2)cc1. The molecule has 0 bridgehead atoms. The number of rotatable bonds is 4. The van der Waals surface area contributed by atoms with Crippen LogP contribution in [-0.4, -0.2) is 40.6 Å². The summed E-state index contributed by atoms with van der Waals surface area (Å²) in [5.74, 6) is 1.32. The Morgan fingerprint density at radius 1 is 0.972 bits per heavy atom. The predicted molar refractivity (Wildman–Crippen MR) is 142 cm³/mol. The van der Waals surface area contributed by atoms with Crippen molar-refractivity contribution in [2.75, 3.05) is 13.7 Å². The van der Waals surface area contributed by atoms with Crippen LogP contribution >= 0.6 is 0 Å². The van der Waals surface area contributed by atoms with Crippen LogP contribution in [0.15, 0.2) is 65.7 Å². The van der Waals surface area contributed by atoms with Gasteiger partial charge in [0.1, 0.15) is 0 Å². The zero-order chi connectivity index (χ0) is 25.0. The maximum absolute atomic E-state index is 13.8. The number of carbonyl (C=O) groups excluding carboxylic acids is 1. The van der Waals surface area contributed by atoms with E-state index in [0.29, 0.717) is 12.4 Å². The van der Waals surface area contributed by atoms with Gasteiger partial charge in [-0.3, -0.25) is 0 Å². The Morgan fingerprint density at radius 2 is 1.75 bits per heavy atom. The van der Waals surface area contributed by atoms with Gasteiger partial charge in [-0.1, -0.05) is 0 Å². The van der Waals surface area contributed by atoms with Gasteiger partial charge >= 0.3 is 214 Å². The van der Waals surface area contributed by atoms with Crippen molar-refractivity contribution in [2.45, 2.75) is 75.5 Å². The van der Waals surface area contributed by atoms with E-state index in [-0.39, 0.29) is 42.5 Å². The van der Waals surface area contributed by atoms with Crippen LogP contribution in [0.4, 0.5) is 0 Å². The molecular weight excluding hydrogens is 515 g/mol. The molecule has 4 nitrogen and oxygen atoms in total. The fourth-order valence-corrected chi connectivity index (χ4v) is 10.4. The van der Waals surface area contributed by atoms with E-state index in [1.807, 2.05) is 24.3 Å². The van der Waals surface area contributed by atoms with Gasteiger partial charge in [-0.05, 0) is 0 Å². The van der Waals surface area contributed by atoms with E-state index in [0.717, 1.165) is 56.3 Å². The number of Topliss-reactive ketones (excluding diaryl/α,β-unsaturated/α-hetero) is 1. The van der Waals surface area contributed by atoms with Crippen molar-refractivity contribution < 1.29 is 19.0 Å². The minimum absolute atomic E-state index is 0.0609. The van der Waals surface area contributed by atoms with E-state index in [9.17, 15) is 4.79 Å². The molecule has 3 fully saturated rings. The summed E-state index contributed by atoms with van der Waals surface area (Å²) in [7, 11) is 1.68. The summed E-state index contributed by atoms with van der Waals surface area (Å²) in [6.45, 7) is 5.45. The van der Waals surface area contributed by atoms with Crippen molar-refractivity contribution >= 4 is 25.2 Å². The molecule has 4 aliphatic rings. The molecule has 0 spiro atoms. The number of ether oxygens (including phenoxy) is 3. The Morgan fingerprint density at radius 3 is 2.50 bits per heavy atom. The van der Waals surface area contributed by atoms with Crippen molar-refractivity contribution in [3.8, 4) is 5.75 Å². The molecule has 2 aromatic carbocycles. The Labute approximate surface area is 220 Å². The molecule has 1 aliphatic heterocycles. The quantitative estimate of drug-likeness (QED) is 0.348.